The van der Waals surface area contributed by atoms with Gasteiger partial charge in [-0.15, -0.1) is 0 Å². The molecule has 1 aromatic rings. The van der Waals surface area contributed by atoms with Crippen molar-refractivity contribution in [3.8, 4) is 0 Å². The van der Waals surface area contributed by atoms with Gasteiger partial charge in [-0.2, -0.15) is 4.98 Å². The van der Waals surface area contributed by atoms with Crippen LogP contribution in [-0.4, -0.2) is 48.5 Å². The first-order chi connectivity index (χ1) is 10.4. The maximum atomic E-state index is 5.61. The Kier molecular flexibility index (Phi) is 5.22. The summed E-state index contributed by atoms with van der Waals surface area (Å²) >= 11 is 0. The molecule has 1 aliphatic carbocycles. The van der Waals surface area contributed by atoms with Crippen molar-refractivity contribution in [3.63, 3.8) is 0 Å². The Hall–Kier alpha value is -0.980. The van der Waals surface area contributed by atoms with E-state index in [1.165, 1.54) is 19.3 Å². The minimum Gasteiger partial charge on any atom is -0.379 e. The van der Waals surface area contributed by atoms with Crippen molar-refractivity contribution in [2.24, 2.45) is 5.92 Å². The second kappa shape index (κ2) is 7.33. The first-order valence-electron chi connectivity index (χ1n) is 8.22. The number of aromatic nitrogens is 2. The minimum atomic E-state index is 0.510. The molecule has 6 nitrogen and oxygen atoms in total. The van der Waals surface area contributed by atoms with Crippen LogP contribution in [0.5, 0.6) is 0 Å². The predicted octanol–water partition coefficient (Wildman–Crippen LogP) is 0.921. The van der Waals surface area contributed by atoms with Crippen LogP contribution in [0.15, 0.2) is 4.52 Å². The van der Waals surface area contributed by atoms with E-state index >= 15 is 0 Å². The number of rotatable bonds is 6. The monoisotopic (exact) mass is 294 g/mol. The van der Waals surface area contributed by atoms with Crippen LogP contribution in [0.4, 0.5) is 0 Å². The number of ether oxygens (including phenoxy) is 1. The lowest BCUT2D eigenvalue weighted by atomic mass is 9.94. The van der Waals surface area contributed by atoms with Gasteiger partial charge in [0.2, 0.25) is 5.89 Å². The number of nitrogens with zero attached hydrogens (tertiary/aromatic N) is 2. The van der Waals surface area contributed by atoms with Crippen molar-refractivity contribution in [2.45, 2.75) is 51.1 Å². The minimum absolute atomic E-state index is 0.510. The topological polar surface area (TPSA) is 72.2 Å². The molecule has 0 radical (unpaired) electrons. The summed E-state index contributed by atoms with van der Waals surface area (Å²) in [4.78, 5) is 4.35. The summed E-state index contributed by atoms with van der Waals surface area (Å²) in [5, 5.41) is 11.3. The third-order valence-corrected chi connectivity index (χ3v) is 4.60. The summed E-state index contributed by atoms with van der Waals surface area (Å²) in [6.07, 6.45) is 5.50. The first-order valence-corrected chi connectivity index (χ1v) is 8.22. The van der Waals surface area contributed by atoms with Gasteiger partial charge in [-0.3, -0.25) is 0 Å². The van der Waals surface area contributed by atoms with Gasteiger partial charge >= 0.3 is 0 Å². The van der Waals surface area contributed by atoms with Crippen LogP contribution >= 0.6 is 0 Å². The van der Waals surface area contributed by atoms with Crippen LogP contribution in [0.2, 0.25) is 0 Å². The molecule has 2 N–H and O–H groups in total. The largest absolute Gasteiger partial charge is 0.379 e. The predicted molar refractivity (Wildman–Crippen MR) is 79.1 cm³/mol. The van der Waals surface area contributed by atoms with Gasteiger partial charge in [0.05, 0.1) is 13.2 Å². The Bertz CT molecular complexity index is 431. The Morgan fingerprint density at radius 2 is 2.33 bits per heavy atom. The Morgan fingerprint density at radius 3 is 3.10 bits per heavy atom. The molecule has 2 fully saturated rings. The fraction of sp³-hybridized carbons (Fsp3) is 0.867. The number of aryl methyl sites for hydroxylation is 1. The van der Waals surface area contributed by atoms with E-state index in [2.05, 4.69) is 20.8 Å². The highest BCUT2D eigenvalue weighted by Crippen LogP contribution is 2.29. The maximum absolute atomic E-state index is 5.61. The number of hydrogen-bond donors (Lipinski definition) is 2. The summed E-state index contributed by atoms with van der Waals surface area (Å²) in [5.41, 5.74) is 0. The molecule has 6 heteroatoms. The molecular formula is C15H26N4O2. The Labute approximate surface area is 126 Å². The molecule has 3 rings (SSSR count). The molecule has 0 aromatic carbocycles. The van der Waals surface area contributed by atoms with E-state index < -0.39 is 0 Å². The standard InChI is InChI=1S/C15H26N4O2/c1-2-15-18-14(19-21-15)6-7-16-12-5-3-4-11(12)13-10-20-9-8-17-13/h11-13,16-17H,2-10H2,1H3. The van der Waals surface area contributed by atoms with E-state index in [4.69, 9.17) is 9.26 Å². The lowest BCUT2D eigenvalue weighted by Crippen LogP contribution is -2.51. The summed E-state index contributed by atoms with van der Waals surface area (Å²) in [6.45, 7) is 5.62. The average Bonchev–Trinajstić information content (AvgIpc) is 3.17. The molecular weight excluding hydrogens is 268 g/mol. The molecule has 0 bridgehead atoms. The zero-order valence-corrected chi connectivity index (χ0v) is 12.8. The summed E-state index contributed by atoms with van der Waals surface area (Å²) < 4.78 is 10.7. The third kappa shape index (κ3) is 3.81. The molecule has 0 spiro atoms. The molecule has 0 amide bonds. The van der Waals surface area contributed by atoms with Crippen LogP contribution in [0.25, 0.3) is 0 Å². The third-order valence-electron chi connectivity index (χ3n) is 4.60. The fourth-order valence-electron chi connectivity index (χ4n) is 3.49. The second-order valence-electron chi connectivity index (χ2n) is 6.00. The van der Waals surface area contributed by atoms with Crippen LogP contribution in [0, 0.1) is 5.92 Å². The second-order valence-corrected chi connectivity index (χ2v) is 6.00. The van der Waals surface area contributed by atoms with E-state index in [9.17, 15) is 0 Å². The molecule has 1 saturated heterocycles. The van der Waals surface area contributed by atoms with E-state index in [1.807, 2.05) is 6.92 Å². The molecule has 1 aliphatic heterocycles. The molecule has 1 saturated carbocycles. The van der Waals surface area contributed by atoms with E-state index in [0.717, 1.165) is 50.9 Å². The van der Waals surface area contributed by atoms with Gasteiger partial charge in [-0.25, -0.2) is 0 Å². The number of nitrogens with one attached hydrogen (secondary N) is 2. The fourth-order valence-corrected chi connectivity index (χ4v) is 3.49. The van der Waals surface area contributed by atoms with Crippen molar-refractivity contribution in [2.75, 3.05) is 26.3 Å². The normalized spacial score (nSPS) is 29.9. The Morgan fingerprint density at radius 1 is 1.38 bits per heavy atom. The van der Waals surface area contributed by atoms with Gasteiger partial charge in [-0.05, 0) is 18.8 Å². The molecule has 118 valence electrons. The Balaban J connectivity index is 1.45. The van der Waals surface area contributed by atoms with Gasteiger partial charge in [0.25, 0.3) is 0 Å². The van der Waals surface area contributed by atoms with Crippen molar-refractivity contribution in [1.82, 2.24) is 20.8 Å². The van der Waals surface area contributed by atoms with E-state index in [1.54, 1.807) is 0 Å². The van der Waals surface area contributed by atoms with E-state index in [0.29, 0.717) is 18.0 Å². The van der Waals surface area contributed by atoms with E-state index in [-0.39, 0.29) is 0 Å². The van der Waals surface area contributed by atoms with Gasteiger partial charge in [0, 0.05) is 38.0 Å². The molecule has 2 aliphatic rings. The van der Waals surface area contributed by atoms with Crippen LogP contribution in [-0.2, 0) is 17.6 Å². The smallest absolute Gasteiger partial charge is 0.226 e. The van der Waals surface area contributed by atoms with Crippen molar-refractivity contribution >= 4 is 0 Å². The van der Waals surface area contributed by atoms with Crippen molar-refractivity contribution in [3.05, 3.63) is 11.7 Å². The maximum Gasteiger partial charge on any atom is 0.226 e. The van der Waals surface area contributed by atoms with Crippen molar-refractivity contribution in [1.29, 1.82) is 0 Å². The van der Waals surface area contributed by atoms with Crippen LogP contribution in [0.3, 0.4) is 0 Å². The number of hydrogen-bond acceptors (Lipinski definition) is 6. The van der Waals surface area contributed by atoms with Crippen LogP contribution < -0.4 is 10.6 Å². The van der Waals surface area contributed by atoms with Gasteiger partial charge in [-0.1, -0.05) is 18.5 Å². The van der Waals surface area contributed by atoms with Crippen LogP contribution in [0.1, 0.15) is 37.9 Å². The lowest BCUT2D eigenvalue weighted by Gasteiger charge is -2.33. The zero-order valence-electron chi connectivity index (χ0n) is 12.8. The molecule has 3 atom stereocenters. The first kappa shape index (κ1) is 14.9. The highest BCUT2D eigenvalue weighted by molar-refractivity contribution is 4.93. The van der Waals surface area contributed by atoms with Gasteiger partial charge in [0.1, 0.15) is 0 Å². The summed E-state index contributed by atoms with van der Waals surface area (Å²) in [5.74, 6) is 2.22. The van der Waals surface area contributed by atoms with Crippen molar-refractivity contribution < 1.29 is 9.26 Å². The van der Waals surface area contributed by atoms with Gasteiger partial charge in [0.15, 0.2) is 5.82 Å². The molecule has 2 heterocycles. The highest BCUT2D eigenvalue weighted by atomic mass is 16.5. The molecule has 3 unspecified atom stereocenters. The highest BCUT2D eigenvalue weighted by Gasteiger charge is 2.34. The quantitative estimate of drug-likeness (QED) is 0.813. The average molecular weight is 294 g/mol. The SMILES string of the molecule is CCc1nc(CCNC2CCCC2C2COCCN2)no1. The van der Waals surface area contributed by atoms with Gasteiger partial charge < -0.3 is 19.9 Å². The lowest BCUT2D eigenvalue weighted by molar-refractivity contribution is 0.0526. The number of morpholine rings is 1. The zero-order chi connectivity index (χ0) is 14.5. The summed E-state index contributed by atoms with van der Waals surface area (Å²) in [6, 6.07) is 1.09. The summed E-state index contributed by atoms with van der Waals surface area (Å²) in [7, 11) is 0. The molecule has 1 aromatic heterocycles. The molecule has 21 heavy (non-hydrogen) atoms.